The van der Waals surface area contributed by atoms with Crippen LogP contribution in [0.5, 0.6) is 0 Å². The smallest absolute Gasteiger partial charge is 0.251 e. The van der Waals surface area contributed by atoms with E-state index in [1.807, 2.05) is 13.8 Å². The summed E-state index contributed by atoms with van der Waals surface area (Å²) in [7, 11) is 1.58. The van der Waals surface area contributed by atoms with E-state index < -0.39 is 11.9 Å². The highest BCUT2D eigenvalue weighted by Gasteiger charge is 2.23. The molecule has 0 saturated carbocycles. The maximum Gasteiger partial charge on any atom is 0.251 e. The van der Waals surface area contributed by atoms with Crippen molar-refractivity contribution in [3.05, 3.63) is 70.0 Å². The van der Waals surface area contributed by atoms with Gasteiger partial charge in [0.2, 0.25) is 5.91 Å². The van der Waals surface area contributed by atoms with Crippen LogP contribution in [0.1, 0.15) is 47.7 Å². The minimum absolute atomic E-state index is 0.0787. The van der Waals surface area contributed by atoms with Gasteiger partial charge in [0.05, 0.1) is 10.7 Å². The molecule has 0 bridgehead atoms. The molecule has 2 heterocycles. The van der Waals surface area contributed by atoms with Crippen molar-refractivity contribution < 1.29 is 14.0 Å². The first-order chi connectivity index (χ1) is 17.8. The topological polar surface area (TPSA) is 95.2 Å². The Labute approximate surface area is 221 Å². The molecule has 4 N–H and O–H groups in total. The maximum atomic E-state index is 15.3. The Morgan fingerprint density at radius 1 is 1.16 bits per heavy atom. The Morgan fingerprint density at radius 2 is 1.92 bits per heavy atom. The van der Waals surface area contributed by atoms with Crippen LogP contribution in [0.3, 0.4) is 0 Å². The molecule has 7 nitrogen and oxygen atoms in total. The number of benzene rings is 2. The first kappa shape index (κ1) is 26.4. The summed E-state index contributed by atoms with van der Waals surface area (Å²) < 4.78 is 15.3. The number of carbonyl (C=O) groups excluding carboxylic acids is 2. The van der Waals surface area contributed by atoms with Crippen LogP contribution in [0, 0.1) is 12.7 Å². The van der Waals surface area contributed by atoms with E-state index in [0.29, 0.717) is 41.6 Å². The first-order valence-corrected chi connectivity index (χ1v) is 12.8. The minimum Gasteiger partial charge on any atom is -0.357 e. The zero-order valence-corrected chi connectivity index (χ0v) is 21.9. The van der Waals surface area contributed by atoms with Crippen molar-refractivity contribution in [2.45, 2.75) is 45.6 Å². The molecule has 1 aliphatic heterocycles. The van der Waals surface area contributed by atoms with Gasteiger partial charge in [-0.15, -0.1) is 0 Å². The van der Waals surface area contributed by atoms with E-state index in [1.54, 1.807) is 43.4 Å². The van der Waals surface area contributed by atoms with E-state index in [4.69, 9.17) is 11.6 Å². The third-order valence-corrected chi connectivity index (χ3v) is 6.82. The monoisotopic (exact) mass is 523 g/mol. The van der Waals surface area contributed by atoms with E-state index in [2.05, 4.69) is 26.3 Å². The number of rotatable bonds is 7. The third kappa shape index (κ3) is 6.02. The Morgan fingerprint density at radius 3 is 2.62 bits per heavy atom. The van der Waals surface area contributed by atoms with Crippen LogP contribution in [0.15, 0.2) is 42.5 Å². The Hall–Kier alpha value is -3.65. The van der Waals surface area contributed by atoms with Gasteiger partial charge in [-0.05, 0) is 85.2 Å². The van der Waals surface area contributed by atoms with Crippen LogP contribution in [-0.4, -0.2) is 36.4 Å². The number of anilines is 3. The van der Waals surface area contributed by atoms with Gasteiger partial charge in [-0.2, -0.15) is 0 Å². The van der Waals surface area contributed by atoms with E-state index in [0.717, 1.165) is 35.1 Å². The van der Waals surface area contributed by atoms with Crippen LogP contribution in [0.25, 0.3) is 11.1 Å². The molecular weight excluding hydrogens is 493 g/mol. The number of amides is 2. The predicted molar refractivity (Wildman–Crippen MR) is 146 cm³/mol. The highest BCUT2D eigenvalue weighted by Crippen LogP contribution is 2.33. The van der Waals surface area contributed by atoms with E-state index >= 15 is 4.39 Å². The fourth-order valence-corrected chi connectivity index (χ4v) is 4.64. The molecule has 0 radical (unpaired) electrons. The standard InChI is InChI=1S/C28H31ClFN5O2/c1-4-17-14-21(29)26(33-23-7-5-6-12-32-28(23)37)35-25(17)34-24-13-16(2)20(15-22(24)30)18-8-10-19(11-9-18)27(36)31-3/h8-11,13-15,23H,4-7,12H2,1-3H3,(H,31,36)(H,32,37)(H2,33,34,35). The molecule has 1 unspecified atom stereocenters. The van der Waals surface area contributed by atoms with Gasteiger partial charge in [0.15, 0.2) is 0 Å². The number of carbonyl (C=O) groups is 2. The number of nitrogens with zero attached hydrogens (tertiary/aromatic N) is 1. The van der Waals surface area contributed by atoms with Crippen molar-refractivity contribution in [1.82, 2.24) is 15.6 Å². The number of nitrogens with one attached hydrogen (secondary N) is 4. The first-order valence-electron chi connectivity index (χ1n) is 12.4. The maximum absolute atomic E-state index is 15.3. The highest BCUT2D eigenvalue weighted by atomic mass is 35.5. The predicted octanol–water partition coefficient (Wildman–Crippen LogP) is 5.60. The molecule has 4 rings (SSSR count). The second-order valence-corrected chi connectivity index (χ2v) is 9.50. The number of halogens is 2. The molecule has 0 spiro atoms. The molecule has 3 aromatic rings. The summed E-state index contributed by atoms with van der Waals surface area (Å²) in [5, 5.41) is 12.2. The Kier molecular flexibility index (Phi) is 8.28. The number of aromatic nitrogens is 1. The second kappa shape index (κ2) is 11.6. The van der Waals surface area contributed by atoms with Gasteiger partial charge in [0, 0.05) is 19.2 Å². The van der Waals surface area contributed by atoms with Crippen molar-refractivity contribution in [3.8, 4) is 11.1 Å². The summed E-state index contributed by atoms with van der Waals surface area (Å²) in [5.41, 5.74) is 4.04. The van der Waals surface area contributed by atoms with Gasteiger partial charge in [-0.25, -0.2) is 9.37 Å². The highest BCUT2D eigenvalue weighted by molar-refractivity contribution is 6.33. The molecule has 9 heteroatoms. The van der Waals surface area contributed by atoms with E-state index in [1.165, 1.54) is 6.07 Å². The third-order valence-electron chi connectivity index (χ3n) is 6.53. The lowest BCUT2D eigenvalue weighted by atomic mass is 9.98. The quantitative estimate of drug-likeness (QED) is 0.323. The van der Waals surface area contributed by atoms with Gasteiger partial charge in [-0.1, -0.05) is 30.7 Å². The number of hydrogen-bond donors (Lipinski definition) is 4. The van der Waals surface area contributed by atoms with Crippen molar-refractivity contribution >= 4 is 40.7 Å². The zero-order valence-electron chi connectivity index (χ0n) is 21.2. The molecule has 1 atom stereocenters. The molecule has 0 aliphatic carbocycles. The molecule has 2 aromatic carbocycles. The molecule has 194 valence electrons. The summed E-state index contributed by atoms with van der Waals surface area (Å²) >= 11 is 6.49. The minimum atomic E-state index is -0.438. The van der Waals surface area contributed by atoms with Crippen LogP contribution in [-0.2, 0) is 11.2 Å². The summed E-state index contributed by atoms with van der Waals surface area (Å²) in [6, 6.07) is 11.6. The number of pyridine rings is 1. The average molecular weight is 524 g/mol. The van der Waals surface area contributed by atoms with E-state index in [-0.39, 0.29) is 17.5 Å². The fraction of sp³-hybridized carbons (Fsp3) is 0.321. The van der Waals surface area contributed by atoms with Crippen molar-refractivity contribution in [3.63, 3.8) is 0 Å². The summed E-state index contributed by atoms with van der Waals surface area (Å²) in [6.07, 6.45) is 3.16. The fourth-order valence-electron chi connectivity index (χ4n) is 4.41. The van der Waals surface area contributed by atoms with E-state index in [9.17, 15) is 9.59 Å². The van der Waals surface area contributed by atoms with Crippen LogP contribution in [0.2, 0.25) is 5.02 Å². The van der Waals surface area contributed by atoms with Crippen LogP contribution >= 0.6 is 11.6 Å². The zero-order chi connectivity index (χ0) is 26.5. The van der Waals surface area contributed by atoms with Crippen molar-refractivity contribution in [1.29, 1.82) is 0 Å². The summed E-state index contributed by atoms with van der Waals surface area (Å²) in [5.74, 6) is 0.167. The van der Waals surface area contributed by atoms with Gasteiger partial charge < -0.3 is 21.3 Å². The summed E-state index contributed by atoms with van der Waals surface area (Å²) in [6.45, 7) is 4.53. The second-order valence-electron chi connectivity index (χ2n) is 9.09. The van der Waals surface area contributed by atoms with Gasteiger partial charge in [0.1, 0.15) is 23.5 Å². The lowest BCUT2D eigenvalue weighted by Gasteiger charge is -2.19. The lowest BCUT2D eigenvalue weighted by molar-refractivity contribution is -0.121. The average Bonchev–Trinajstić information content (AvgIpc) is 3.11. The number of aryl methyl sites for hydroxylation is 2. The van der Waals surface area contributed by atoms with Gasteiger partial charge in [-0.3, -0.25) is 9.59 Å². The normalized spacial score (nSPS) is 15.5. The molecule has 1 aromatic heterocycles. The molecular formula is C28H31ClFN5O2. The van der Waals surface area contributed by atoms with Crippen LogP contribution in [0.4, 0.5) is 21.7 Å². The molecule has 1 saturated heterocycles. The molecule has 2 amide bonds. The largest absolute Gasteiger partial charge is 0.357 e. The molecule has 1 aliphatic rings. The molecule has 37 heavy (non-hydrogen) atoms. The van der Waals surface area contributed by atoms with Gasteiger partial charge >= 0.3 is 0 Å². The Bertz CT molecular complexity index is 1310. The summed E-state index contributed by atoms with van der Waals surface area (Å²) in [4.78, 5) is 28.9. The molecule has 1 fully saturated rings. The van der Waals surface area contributed by atoms with Crippen molar-refractivity contribution in [2.24, 2.45) is 0 Å². The number of hydrogen-bond acceptors (Lipinski definition) is 5. The van der Waals surface area contributed by atoms with Gasteiger partial charge in [0.25, 0.3) is 5.91 Å². The van der Waals surface area contributed by atoms with Crippen molar-refractivity contribution in [2.75, 3.05) is 24.2 Å². The Balaban J connectivity index is 1.61. The lowest BCUT2D eigenvalue weighted by Crippen LogP contribution is -2.38. The van der Waals surface area contributed by atoms with Crippen LogP contribution < -0.4 is 21.3 Å². The SMILES string of the molecule is CCc1cc(Cl)c(NC2CCCCNC2=O)nc1Nc1cc(C)c(-c2ccc(C(=O)NC)cc2)cc1F.